The van der Waals surface area contributed by atoms with E-state index in [1.807, 2.05) is 0 Å². The van der Waals surface area contributed by atoms with Gasteiger partial charge in [-0.3, -0.25) is 4.90 Å². The third-order valence-electron chi connectivity index (χ3n) is 5.74. The van der Waals surface area contributed by atoms with Crippen molar-refractivity contribution in [3.8, 4) is 0 Å². The Morgan fingerprint density at radius 3 is 2.31 bits per heavy atom. The molecule has 6 heteroatoms. The van der Waals surface area contributed by atoms with E-state index in [0.717, 1.165) is 38.8 Å². The number of hydrogen-bond acceptors (Lipinski definition) is 3. The first kappa shape index (κ1) is 19.6. The molecule has 0 aliphatic carbocycles. The van der Waals surface area contributed by atoms with Gasteiger partial charge in [0, 0.05) is 32.8 Å². The smallest absolute Gasteiger partial charge is 0.396 e. The molecule has 2 atom stereocenters. The maximum Gasteiger partial charge on any atom is 0.416 e. The van der Waals surface area contributed by atoms with Crippen LogP contribution < -0.4 is 0 Å². The van der Waals surface area contributed by atoms with Crippen molar-refractivity contribution in [3.05, 3.63) is 35.4 Å². The van der Waals surface area contributed by atoms with Crippen LogP contribution in [-0.4, -0.2) is 54.2 Å². The molecule has 2 heterocycles. The van der Waals surface area contributed by atoms with E-state index in [9.17, 15) is 18.3 Å². The van der Waals surface area contributed by atoms with Crippen molar-refractivity contribution in [3.63, 3.8) is 0 Å². The summed E-state index contributed by atoms with van der Waals surface area (Å²) in [5, 5.41) is 9.76. The second-order valence-electron chi connectivity index (χ2n) is 7.81. The molecule has 146 valence electrons. The number of benzene rings is 1. The van der Waals surface area contributed by atoms with Crippen LogP contribution in [0.25, 0.3) is 0 Å². The Hall–Kier alpha value is -1.11. The first-order valence-electron chi connectivity index (χ1n) is 9.67. The minimum absolute atomic E-state index is 0.150. The van der Waals surface area contributed by atoms with Gasteiger partial charge in [-0.2, -0.15) is 13.2 Å². The van der Waals surface area contributed by atoms with Crippen molar-refractivity contribution in [1.29, 1.82) is 0 Å². The SMILES string of the molecule is OC[C@@H]1CN(Cc2cccc(C(F)(F)F)c2)C[C@@H]1CN1CCCCCC1. The zero-order valence-electron chi connectivity index (χ0n) is 15.2. The number of rotatable bonds is 5. The van der Waals surface area contributed by atoms with Crippen LogP contribution in [0.2, 0.25) is 0 Å². The molecule has 1 N–H and O–H groups in total. The maximum atomic E-state index is 12.9. The summed E-state index contributed by atoms with van der Waals surface area (Å²) >= 11 is 0. The number of aliphatic hydroxyl groups excluding tert-OH is 1. The Bertz CT molecular complexity index is 570. The van der Waals surface area contributed by atoms with E-state index < -0.39 is 11.7 Å². The molecule has 3 rings (SSSR count). The highest BCUT2D eigenvalue weighted by molar-refractivity contribution is 5.25. The van der Waals surface area contributed by atoms with Gasteiger partial charge in [0.1, 0.15) is 0 Å². The topological polar surface area (TPSA) is 26.7 Å². The van der Waals surface area contributed by atoms with Gasteiger partial charge in [-0.05, 0) is 49.4 Å². The van der Waals surface area contributed by atoms with Crippen molar-refractivity contribution < 1.29 is 18.3 Å². The normalized spacial score (nSPS) is 26.2. The van der Waals surface area contributed by atoms with Gasteiger partial charge >= 0.3 is 6.18 Å². The highest BCUT2D eigenvalue weighted by Crippen LogP contribution is 2.31. The van der Waals surface area contributed by atoms with Gasteiger partial charge in [-0.15, -0.1) is 0 Å². The highest BCUT2D eigenvalue weighted by atomic mass is 19.4. The molecule has 0 radical (unpaired) electrons. The summed E-state index contributed by atoms with van der Waals surface area (Å²) in [6, 6.07) is 5.60. The maximum absolute atomic E-state index is 12.9. The van der Waals surface area contributed by atoms with Crippen LogP contribution in [-0.2, 0) is 12.7 Å². The van der Waals surface area contributed by atoms with Crippen LogP contribution in [0.4, 0.5) is 13.2 Å². The van der Waals surface area contributed by atoms with Crippen molar-refractivity contribution in [2.75, 3.05) is 39.3 Å². The number of hydrogen-bond donors (Lipinski definition) is 1. The van der Waals surface area contributed by atoms with Gasteiger partial charge in [0.15, 0.2) is 0 Å². The monoisotopic (exact) mass is 370 g/mol. The zero-order chi connectivity index (χ0) is 18.6. The van der Waals surface area contributed by atoms with Crippen molar-refractivity contribution in [2.45, 2.75) is 38.4 Å². The van der Waals surface area contributed by atoms with Crippen LogP contribution in [0.1, 0.15) is 36.8 Å². The highest BCUT2D eigenvalue weighted by Gasteiger charge is 2.34. The lowest BCUT2D eigenvalue weighted by atomic mass is 9.96. The van der Waals surface area contributed by atoms with Crippen molar-refractivity contribution in [2.24, 2.45) is 11.8 Å². The van der Waals surface area contributed by atoms with Gasteiger partial charge in [0.25, 0.3) is 0 Å². The lowest BCUT2D eigenvalue weighted by Crippen LogP contribution is -2.34. The molecule has 0 saturated carbocycles. The minimum Gasteiger partial charge on any atom is -0.396 e. The molecule has 1 aromatic carbocycles. The molecule has 0 amide bonds. The Labute approximate surface area is 153 Å². The summed E-state index contributed by atoms with van der Waals surface area (Å²) in [4.78, 5) is 4.70. The molecule has 2 saturated heterocycles. The Morgan fingerprint density at radius 1 is 0.962 bits per heavy atom. The van der Waals surface area contributed by atoms with Gasteiger partial charge in [0.2, 0.25) is 0 Å². The van der Waals surface area contributed by atoms with Gasteiger partial charge < -0.3 is 10.0 Å². The molecule has 2 aliphatic heterocycles. The summed E-state index contributed by atoms with van der Waals surface area (Å²) in [5.41, 5.74) is 0.0981. The number of nitrogens with zero attached hydrogens (tertiary/aromatic N) is 2. The molecule has 0 bridgehead atoms. The lowest BCUT2D eigenvalue weighted by Gasteiger charge is -2.26. The largest absolute Gasteiger partial charge is 0.416 e. The van der Waals surface area contributed by atoms with Gasteiger partial charge in [-0.25, -0.2) is 0 Å². The average molecular weight is 370 g/mol. The van der Waals surface area contributed by atoms with Crippen LogP contribution in [0.5, 0.6) is 0 Å². The standard InChI is InChI=1S/C20H29F3N2O/c21-20(22,23)19-7-5-6-16(10-19)11-25-13-17(18(14-25)15-26)12-24-8-3-1-2-4-9-24/h5-7,10,17-18,26H,1-4,8-9,11-15H2/t17-,18-/m0/s1. The van der Waals surface area contributed by atoms with E-state index in [1.165, 1.54) is 37.8 Å². The Balaban J connectivity index is 1.60. The fourth-order valence-corrected chi connectivity index (χ4v) is 4.33. The molecule has 2 aliphatic rings. The van der Waals surface area contributed by atoms with E-state index in [-0.39, 0.29) is 12.5 Å². The summed E-state index contributed by atoms with van der Waals surface area (Å²) in [6.07, 6.45) is 0.775. The number of halogens is 3. The van der Waals surface area contributed by atoms with E-state index in [4.69, 9.17) is 0 Å². The number of likely N-dealkylation sites (tertiary alicyclic amines) is 2. The Kier molecular flexibility index (Phi) is 6.59. The molecule has 1 aromatic rings. The van der Waals surface area contributed by atoms with Gasteiger partial charge in [0.05, 0.1) is 5.56 Å². The number of aliphatic hydroxyl groups is 1. The third-order valence-corrected chi connectivity index (χ3v) is 5.74. The minimum atomic E-state index is -4.30. The zero-order valence-corrected chi connectivity index (χ0v) is 15.2. The average Bonchev–Trinajstić information content (AvgIpc) is 2.79. The molecule has 0 aromatic heterocycles. The quantitative estimate of drug-likeness (QED) is 0.858. The molecule has 26 heavy (non-hydrogen) atoms. The van der Waals surface area contributed by atoms with E-state index in [0.29, 0.717) is 18.0 Å². The van der Waals surface area contributed by atoms with E-state index in [1.54, 1.807) is 6.07 Å². The van der Waals surface area contributed by atoms with Crippen LogP contribution in [0, 0.1) is 11.8 Å². The summed E-state index contributed by atoms with van der Waals surface area (Å²) < 4.78 is 38.7. The molecule has 0 spiro atoms. The summed E-state index contributed by atoms with van der Waals surface area (Å²) in [5.74, 6) is 0.605. The summed E-state index contributed by atoms with van der Waals surface area (Å²) in [7, 11) is 0. The predicted molar refractivity (Wildman–Crippen MR) is 95.7 cm³/mol. The van der Waals surface area contributed by atoms with Crippen LogP contribution in [0.15, 0.2) is 24.3 Å². The number of alkyl halides is 3. The predicted octanol–water partition coefficient (Wildman–Crippen LogP) is 3.62. The molecule has 0 unspecified atom stereocenters. The molecule has 3 nitrogen and oxygen atoms in total. The van der Waals surface area contributed by atoms with Crippen LogP contribution in [0.3, 0.4) is 0 Å². The molecule has 2 fully saturated rings. The Morgan fingerprint density at radius 2 is 1.65 bits per heavy atom. The van der Waals surface area contributed by atoms with E-state index >= 15 is 0 Å². The summed E-state index contributed by atoms with van der Waals surface area (Å²) in [6.45, 7) is 5.51. The fraction of sp³-hybridized carbons (Fsp3) is 0.700. The molecular weight excluding hydrogens is 341 g/mol. The van der Waals surface area contributed by atoms with Crippen LogP contribution >= 0.6 is 0 Å². The third kappa shape index (κ3) is 5.21. The van der Waals surface area contributed by atoms with Gasteiger partial charge in [-0.1, -0.05) is 31.0 Å². The molecular formula is C20H29F3N2O. The first-order valence-corrected chi connectivity index (χ1v) is 9.67. The fourth-order valence-electron chi connectivity index (χ4n) is 4.33. The van der Waals surface area contributed by atoms with Crippen molar-refractivity contribution in [1.82, 2.24) is 9.80 Å². The second-order valence-corrected chi connectivity index (χ2v) is 7.81. The lowest BCUT2D eigenvalue weighted by molar-refractivity contribution is -0.137. The van der Waals surface area contributed by atoms with E-state index in [2.05, 4.69) is 9.80 Å². The second kappa shape index (κ2) is 8.72. The first-order chi connectivity index (χ1) is 12.5. The van der Waals surface area contributed by atoms with Crippen molar-refractivity contribution >= 4 is 0 Å².